The van der Waals surface area contributed by atoms with Crippen molar-refractivity contribution in [2.45, 2.75) is 44.2 Å². The normalized spacial score (nSPS) is 25.0. The molecule has 1 aliphatic carbocycles. The molecule has 0 spiro atoms. The molecule has 2 unspecified atom stereocenters. The van der Waals surface area contributed by atoms with Gasteiger partial charge in [0.1, 0.15) is 17.5 Å². The van der Waals surface area contributed by atoms with Crippen molar-refractivity contribution in [2.75, 3.05) is 6.54 Å². The molecule has 0 aromatic heterocycles. The van der Waals surface area contributed by atoms with E-state index in [1.54, 1.807) is 0 Å². The first-order valence-electron chi connectivity index (χ1n) is 7.07. The fourth-order valence-electron chi connectivity index (χ4n) is 2.65. The number of carboxylic acids is 1. The van der Waals surface area contributed by atoms with Gasteiger partial charge in [-0.25, -0.2) is 8.78 Å². The number of benzene rings is 1. The molecule has 0 bridgehead atoms. The molecule has 2 N–H and O–H groups in total. The van der Waals surface area contributed by atoms with Crippen molar-refractivity contribution in [3.05, 3.63) is 29.8 Å². The highest BCUT2D eigenvalue weighted by Crippen LogP contribution is 2.34. The standard InChI is InChI=1S/C15H19F2NO3/c1-2-7-18-15(14(19)20)6-5-11(9-15)21-13-4-3-10(16)8-12(13)17/h3-4,8,11,18H,2,5-7,9H2,1H3,(H,19,20). The van der Waals surface area contributed by atoms with E-state index in [1.165, 1.54) is 6.07 Å². The minimum absolute atomic E-state index is 0.0434. The van der Waals surface area contributed by atoms with Gasteiger partial charge in [-0.05, 0) is 37.9 Å². The van der Waals surface area contributed by atoms with Gasteiger partial charge >= 0.3 is 5.97 Å². The van der Waals surface area contributed by atoms with Crippen molar-refractivity contribution in [2.24, 2.45) is 0 Å². The minimum atomic E-state index is -1.02. The number of carboxylic acid groups (broad SMARTS) is 1. The van der Waals surface area contributed by atoms with Gasteiger partial charge in [-0.3, -0.25) is 4.79 Å². The quantitative estimate of drug-likeness (QED) is 0.848. The van der Waals surface area contributed by atoms with Crippen LogP contribution in [0.15, 0.2) is 18.2 Å². The molecule has 0 heterocycles. The Morgan fingerprint density at radius 2 is 2.29 bits per heavy atom. The molecule has 1 aromatic rings. The molecule has 2 rings (SSSR count). The zero-order valence-corrected chi connectivity index (χ0v) is 11.9. The van der Waals surface area contributed by atoms with Gasteiger partial charge in [0.2, 0.25) is 0 Å². The summed E-state index contributed by atoms with van der Waals surface area (Å²) in [6.07, 6.45) is 1.63. The lowest BCUT2D eigenvalue weighted by Gasteiger charge is -2.25. The van der Waals surface area contributed by atoms with E-state index in [4.69, 9.17) is 4.74 Å². The molecule has 1 aliphatic rings. The molecule has 116 valence electrons. The van der Waals surface area contributed by atoms with E-state index in [0.29, 0.717) is 19.4 Å². The Balaban J connectivity index is 2.05. The molecule has 0 saturated heterocycles. The van der Waals surface area contributed by atoms with Gasteiger partial charge in [0, 0.05) is 12.5 Å². The first-order chi connectivity index (χ1) is 9.97. The molecule has 2 atom stereocenters. The third kappa shape index (κ3) is 3.50. The van der Waals surface area contributed by atoms with Gasteiger partial charge in [-0.15, -0.1) is 0 Å². The smallest absolute Gasteiger partial charge is 0.324 e. The predicted octanol–water partition coefficient (Wildman–Crippen LogP) is 2.72. The van der Waals surface area contributed by atoms with Crippen molar-refractivity contribution in [1.29, 1.82) is 0 Å². The monoisotopic (exact) mass is 299 g/mol. The van der Waals surface area contributed by atoms with Crippen LogP contribution in [0, 0.1) is 11.6 Å². The van der Waals surface area contributed by atoms with Gasteiger partial charge in [0.05, 0.1) is 0 Å². The lowest BCUT2D eigenvalue weighted by molar-refractivity contribution is -0.144. The summed E-state index contributed by atoms with van der Waals surface area (Å²) in [6.45, 7) is 2.56. The average molecular weight is 299 g/mol. The summed E-state index contributed by atoms with van der Waals surface area (Å²) in [7, 11) is 0. The van der Waals surface area contributed by atoms with Gasteiger partial charge in [-0.1, -0.05) is 6.92 Å². The van der Waals surface area contributed by atoms with Crippen molar-refractivity contribution in [3.63, 3.8) is 0 Å². The highest BCUT2D eigenvalue weighted by Gasteiger charge is 2.46. The van der Waals surface area contributed by atoms with Crippen LogP contribution in [0.1, 0.15) is 32.6 Å². The van der Waals surface area contributed by atoms with Gasteiger partial charge in [0.15, 0.2) is 11.6 Å². The molecule has 1 fully saturated rings. The van der Waals surface area contributed by atoms with E-state index in [-0.39, 0.29) is 12.2 Å². The van der Waals surface area contributed by atoms with Crippen molar-refractivity contribution in [1.82, 2.24) is 5.32 Å². The molecular formula is C15H19F2NO3. The number of ether oxygens (including phenoxy) is 1. The van der Waals surface area contributed by atoms with E-state index < -0.39 is 29.2 Å². The van der Waals surface area contributed by atoms with Gasteiger partial charge in [-0.2, -0.15) is 0 Å². The summed E-state index contributed by atoms with van der Waals surface area (Å²) in [6, 6.07) is 3.10. The average Bonchev–Trinajstić information content (AvgIpc) is 2.84. The summed E-state index contributed by atoms with van der Waals surface area (Å²) in [5, 5.41) is 12.5. The van der Waals surface area contributed by atoms with Crippen LogP contribution in [-0.4, -0.2) is 29.3 Å². The van der Waals surface area contributed by atoms with Crippen LogP contribution in [0.25, 0.3) is 0 Å². The van der Waals surface area contributed by atoms with Gasteiger partial charge < -0.3 is 15.2 Å². The maximum atomic E-state index is 13.6. The topological polar surface area (TPSA) is 58.6 Å². The Kier molecular flexibility index (Phi) is 4.77. The van der Waals surface area contributed by atoms with E-state index in [2.05, 4.69) is 5.32 Å². The molecule has 1 aromatic carbocycles. The third-order valence-corrected chi connectivity index (χ3v) is 3.78. The number of hydrogen-bond donors (Lipinski definition) is 2. The molecule has 0 amide bonds. The maximum absolute atomic E-state index is 13.6. The summed E-state index contributed by atoms with van der Waals surface area (Å²) in [5.41, 5.74) is -1.02. The zero-order chi connectivity index (χ0) is 15.5. The van der Waals surface area contributed by atoms with Crippen LogP contribution in [0.3, 0.4) is 0 Å². The second kappa shape index (κ2) is 6.39. The Hall–Kier alpha value is -1.69. The number of hydrogen-bond acceptors (Lipinski definition) is 3. The number of carbonyl (C=O) groups is 1. The summed E-state index contributed by atoms with van der Waals surface area (Å²) >= 11 is 0. The summed E-state index contributed by atoms with van der Waals surface area (Å²) in [5.74, 6) is -2.40. The third-order valence-electron chi connectivity index (χ3n) is 3.78. The van der Waals surface area contributed by atoms with Crippen molar-refractivity contribution < 1.29 is 23.4 Å². The van der Waals surface area contributed by atoms with Crippen LogP contribution in [0.5, 0.6) is 5.75 Å². The van der Waals surface area contributed by atoms with E-state index in [0.717, 1.165) is 18.6 Å². The second-order valence-electron chi connectivity index (χ2n) is 5.37. The Labute approximate surface area is 122 Å². The molecule has 0 radical (unpaired) electrons. The summed E-state index contributed by atoms with van der Waals surface area (Å²) < 4.78 is 31.9. The number of halogens is 2. The minimum Gasteiger partial charge on any atom is -0.487 e. The Bertz CT molecular complexity index is 524. The Morgan fingerprint density at radius 3 is 2.90 bits per heavy atom. The number of rotatable bonds is 6. The first kappa shape index (κ1) is 15.7. The van der Waals surface area contributed by atoms with Crippen LogP contribution >= 0.6 is 0 Å². The fourth-order valence-corrected chi connectivity index (χ4v) is 2.65. The van der Waals surface area contributed by atoms with E-state index in [1.807, 2.05) is 6.92 Å². The molecule has 6 heteroatoms. The van der Waals surface area contributed by atoms with Crippen molar-refractivity contribution in [3.8, 4) is 5.75 Å². The lowest BCUT2D eigenvalue weighted by atomic mass is 9.97. The Morgan fingerprint density at radius 1 is 1.52 bits per heavy atom. The van der Waals surface area contributed by atoms with Crippen LogP contribution in [0.4, 0.5) is 8.78 Å². The van der Waals surface area contributed by atoms with Crippen LogP contribution in [-0.2, 0) is 4.79 Å². The lowest BCUT2D eigenvalue weighted by Crippen LogP contribution is -2.50. The number of aliphatic carboxylic acids is 1. The number of nitrogens with one attached hydrogen (secondary N) is 1. The summed E-state index contributed by atoms with van der Waals surface area (Å²) in [4.78, 5) is 11.5. The highest BCUT2D eigenvalue weighted by molar-refractivity contribution is 5.79. The van der Waals surface area contributed by atoms with E-state index >= 15 is 0 Å². The van der Waals surface area contributed by atoms with E-state index in [9.17, 15) is 18.7 Å². The molecule has 0 aliphatic heterocycles. The largest absolute Gasteiger partial charge is 0.487 e. The molecule has 1 saturated carbocycles. The second-order valence-corrected chi connectivity index (χ2v) is 5.37. The zero-order valence-electron chi connectivity index (χ0n) is 11.9. The fraction of sp³-hybridized carbons (Fsp3) is 0.533. The SMILES string of the molecule is CCCNC1(C(=O)O)CCC(Oc2ccc(F)cc2F)C1. The van der Waals surface area contributed by atoms with Gasteiger partial charge in [0.25, 0.3) is 0 Å². The molecule has 4 nitrogen and oxygen atoms in total. The van der Waals surface area contributed by atoms with Crippen LogP contribution in [0.2, 0.25) is 0 Å². The first-order valence-corrected chi connectivity index (χ1v) is 7.07. The maximum Gasteiger partial charge on any atom is 0.324 e. The predicted molar refractivity (Wildman–Crippen MR) is 73.3 cm³/mol. The molecular weight excluding hydrogens is 280 g/mol. The highest BCUT2D eigenvalue weighted by atomic mass is 19.1. The molecule has 21 heavy (non-hydrogen) atoms. The van der Waals surface area contributed by atoms with Crippen LogP contribution < -0.4 is 10.1 Å². The van der Waals surface area contributed by atoms with Crippen molar-refractivity contribution >= 4 is 5.97 Å².